The van der Waals surface area contributed by atoms with E-state index in [1.807, 2.05) is 0 Å². The Kier molecular flexibility index (Phi) is 2.33. The van der Waals surface area contributed by atoms with Crippen molar-refractivity contribution < 1.29 is 9.21 Å². The molecule has 0 spiro atoms. The van der Waals surface area contributed by atoms with Crippen LogP contribution in [0.2, 0.25) is 0 Å². The summed E-state index contributed by atoms with van der Waals surface area (Å²) in [7, 11) is 0. The second kappa shape index (κ2) is 3.49. The molecular formula is C9H10N2O2S. The predicted octanol–water partition coefficient (Wildman–Crippen LogP) is 2.24. The number of rotatable bonds is 3. The van der Waals surface area contributed by atoms with Gasteiger partial charge in [-0.1, -0.05) is 13.8 Å². The average Bonchev–Trinajstić information content (AvgIpc) is 2.62. The highest BCUT2D eigenvalue weighted by atomic mass is 32.2. The summed E-state index contributed by atoms with van der Waals surface area (Å²) in [4.78, 5) is 15.1. The van der Waals surface area contributed by atoms with Gasteiger partial charge in [-0.25, -0.2) is 0 Å². The maximum absolute atomic E-state index is 10.9. The third-order valence-electron chi connectivity index (χ3n) is 1.72. The fourth-order valence-corrected chi connectivity index (χ4v) is 2.05. The normalized spacial score (nSPS) is 11.4. The first kappa shape index (κ1) is 9.33. The molecule has 0 saturated heterocycles. The Morgan fingerprint density at radius 3 is 3.07 bits per heavy atom. The molecule has 0 aliphatic carbocycles. The van der Waals surface area contributed by atoms with E-state index < -0.39 is 0 Å². The van der Waals surface area contributed by atoms with Gasteiger partial charge in [0, 0.05) is 11.4 Å². The number of nitrogens with zero attached hydrogens (tertiary/aromatic N) is 2. The highest BCUT2D eigenvalue weighted by Crippen LogP contribution is 2.26. The van der Waals surface area contributed by atoms with Crippen LogP contribution in [0, 0.1) is 0 Å². The minimum atomic E-state index is 0.397. The summed E-state index contributed by atoms with van der Waals surface area (Å²) in [5, 5.41) is 1.13. The lowest BCUT2D eigenvalue weighted by Crippen LogP contribution is -1.92. The zero-order valence-electron chi connectivity index (χ0n) is 7.93. The van der Waals surface area contributed by atoms with Crippen LogP contribution < -0.4 is 0 Å². The SMILES string of the molecule is CC(C)Sc1nc2occn2c1C=O. The molecule has 0 aromatic carbocycles. The summed E-state index contributed by atoms with van der Waals surface area (Å²) in [5.41, 5.74) is 0.562. The topological polar surface area (TPSA) is 47.5 Å². The molecule has 0 unspecified atom stereocenters. The summed E-state index contributed by atoms with van der Waals surface area (Å²) in [6.07, 6.45) is 4.01. The van der Waals surface area contributed by atoms with Crippen LogP contribution in [0.5, 0.6) is 0 Å². The molecule has 0 bridgehead atoms. The molecule has 2 aromatic rings. The highest BCUT2D eigenvalue weighted by Gasteiger charge is 2.14. The molecule has 0 radical (unpaired) electrons. The number of carbonyl (C=O) groups is 1. The number of thioether (sulfide) groups is 1. The maximum atomic E-state index is 10.9. The lowest BCUT2D eigenvalue weighted by molar-refractivity contribution is 0.111. The number of oxazole rings is 1. The van der Waals surface area contributed by atoms with Gasteiger partial charge in [-0.15, -0.1) is 11.8 Å². The van der Waals surface area contributed by atoms with E-state index in [9.17, 15) is 4.79 Å². The van der Waals surface area contributed by atoms with Crippen molar-refractivity contribution in [3.63, 3.8) is 0 Å². The highest BCUT2D eigenvalue weighted by molar-refractivity contribution is 7.99. The largest absolute Gasteiger partial charge is 0.432 e. The van der Waals surface area contributed by atoms with Gasteiger partial charge in [0.1, 0.15) is 17.0 Å². The van der Waals surface area contributed by atoms with E-state index in [1.165, 1.54) is 6.26 Å². The van der Waals surface area contributed by atoms with Crippen molar-refractivity contribution in [2.45, 2.75) is 24.1 Å². The smallest absolute Gasteiger partial charge is 0.307 e. The molecule has 4 nitrogen and oxygen atoms in total. The molecule has 0 aliphatic heterocycles. The summed E-state index contributed by atoms with van der Waals surface area (Å²) >= 11 is 1.56. The zero-order valence-corrected chi connectivity index (χ0v) is 8.75. The fourth-order valence-electron chi connectivity index (χ4n) is 1.20. The summed E-state index contributed by atoms with van der Waals surface area (Å²) < 4.78 is 6.75. The first-order valence-corrected chi connectivity index (χ1v) is 5.17. The van der Waals surface area contributed by atoms with Crippen molar-refractivity contribution in [1.29, 1.82) is 0 Å². The van der Waals surface area contributed by atoms with Gasteiger partial charge in [0.25, 0.3) is 0 Å². The molecule has 5 heteroatoms. The van der Waals surface area contributed by atoms with E-state index in [-0.39, 0.29) is 0 Å². The monoisotopic (exact) mass is 210 g/mol. The molecular weight excluding hydrogens is 200 g/mol. The van der Waals surface area contributed by atoms with Gasteiger partial charge in [-0.05, 0) is 0 Å². The van der Waals surface area contributed by atoms with E-state index in [0.717, 1.165) is 11.3 Å². The van der Waals surface area contributed by atoms with Crippen molar-refractivity contribution in [3.8, 4) is 0 Å². The number of imidazole rings is 1. The summed E-state index contributed by atoms with van der Waals surface area (Å²) in [5.74, 6) is 0.468. The molecule has 2 heterocycles. The second-order valence-electron chi connectivity index (χ2n) is 3.14. The van der Waals surface area contributed by atoms with Crippen LogP contribution in [-0.4, -0.2) is 20.9 Å². The second-order valence-corrected chi connectivity index (χ2v) is 4.71. The van der Waals surface area contributed by atoms with E-state index in [4.69, 9.17) is 4.42 Å². The number of hydrogen-bond acceptors (Lipinski definition) is 4. The zero-order chi connectivity index (χ0) is 10.1. The van der Waals surface area contributed by atoms with Gasteiger partial charge in [0.2, 0.25) is 0 Å². The Morgan fingerprint density at radius 2 is 2.43 bits per heavy atom. The van der Waals surface area contributed by atoms with E-state index in [0.29, 0.717) is 16.8 Å². The van der Waals surface area contributed by atoms with Crippen molar-refractivity contribution in [1.82, 2.24) is 9.38 Å². The molecule has 0 saturated carbocycles. The number of hydrogen-bond donors (Lipinski definition) is 0. The minimum Gasteiger partial charge on any atom is -0.432 e. The standard InChI is InChI=1S/C9H10N2O2S/c1-6(2)14-8-7(5-12)11-3-4-13-9(11)10-8/h3-6H,1-2H3. The van der Waals surface area contributed by atoms with Gasteiger partial charge in [0.15, 0.2) is 6.29 Å². The van der Waals surface area contributed by atoms with Crippen molar-refractivity contribution in [2.24, 2.45) is 0 Å². The third kappa shape index (κ3) is 1.43. The summed E-state index contributed by atoms with van der Waals surface area (Å²) in [6.45, 7) is 4.11. The van der Waals surface area contributed by atoms with Crippen LogP contribution in [0.4, 0.5) is 0 Å². The quantitative estimate of drug-likeness (QED) is 0.575. The Morgan fingerprint density at radius 1 is 1.64 bits per heavy atom. The molecule has 2 rings (SSSR count). The molecule has 0 N–H and O–H groups in total. The number of aromatic nitrogens is 2. The van der Waals surface area contributed by atoms with Crippen LogP contribution in [0.15, 0.2) is 21.9 Å². The number of aldehydes is 1. The van der Waals surface area contributed by atoms with E-state index in [1.54, 1.807) is 22.4 Å². The first-order valence-electron chi connectivity index (χ1n) is 4.29. The van der Waals surface area contributed by atoms with Gasteiger partial charge in [-0.3, -0.25) is 9.20 Å². The third-order valence-corrected chi connectivity index (χ3v) is 2.72. The van der Waals surface area contributed by atoms with Crippen LogP contribution in [0.1, 0.15) is 24.3 Å². The van der Waals surface area contributed by atoms with Crippen molar-refractivity contribution in [3.05, 3.63) is 18.2 Å². The number of carbonyl (C=O) groups excluding carboxylic acids is 1. The molecule has 14 heavy (non-hydrogen) atoms. The minimum absolute atomic E-state index is 0.397. The van der Waals surface area contributed by atoms with Crippen molar-refractivity contribution in [2.75, 3.05) is 0 Å². The predicted molar refractivity (Wildman–Crippen MR) is 53.8 cm³/mol. The van der Waals surface area contributed by atoms with Gasteiger partial charge in [-0.2, -0.15) is 4.98 Å². The van der Waals surface area contributed by atoms with E-state index >= 15 is 0 Å². The van der Waals surface area contributed by atoms with Gasteiger partial charge in [0.05, 0.1) is 0 Å². The van der Waals surface area contributed by atoms with Crippen LogP contribution in [0.3, 0.4) is 0 Å². The molecule has 0 aliphatic rings. The molecule has 74 valence electrons. The molecule has 0 amide bonds. The van der Waals surface area contributed by atoms with E-state index in [2.05, 4.69) is 18.8 Å². The molecule has 0 atom stereocenters. The van der Waals surface area contributed by atoms with Crippen molar-refractivity contribution >= 4 is 23.9 Å². The Hall–Kier alpha value is -1.23. The molecule has 0 fully saturated rings. The maximum Gasteiger partial charge on any atom is 0.307 e. The lowest BCUT2D eigenvalue weighted by Gasteiger charge is -2.00. The van der Waals surface area contributed by atoms with Gasteiger partial charge < -0.3 is 4.42 Å². The molecule has 2 aromatic heterocycles. The lowest BCUT2D eigenvalue weighted by atomic mass is 10.5. The number of fused-ring (bicyclic) bond motifs is 1. The van der Waals surface area contributed by atoms with Gasteiger partial charge >= 0.3 is 5.84 Å². The summed E-state index contributed by atoms with van der Waals surface area (Å²) in [6, 6.07) is 0. The first-order chi connectivity index (χ1) is 6.72. The van der Waals surface area contributed by atoms with Crippen LogP contribution >= 0.6 is 11.8 Å². The fraction of sp³-hybridized carbons (Fsp3) is 0.333. The Labute approximate surface area is 85.3 Å². The van der Waals surface area contributed by atoms with Crippen LogP contribution in [0.25, 0.3) is 5.84 Å². The average molecular weight is 210 g/mol. The Balaban J connectivity index is 2.52. The Bertz CT molecular complexity index is 458. The van der Waals surface area contributed by atoms with Crippen LogP contribution in [-0.2, 0) is 0 Å².